The molecule has 7 nitrogen and oxygen atoms in total. The first kappa shape index (κ1) is 22.9. The predicted octanol–water partition coefficient (Wildman–Crippen LogP) is 0.966. The third kappa shape index (κ3) is 7.97. The lowest BCUT2D eigenvalue weighted by Crippen LogP contribution is -2.33. The molecule has 1 saturated heterocycles. The van der Waals surface area contributed by atoms with E-state index in [9.17, 15) is 14.4 Å². The molecule has 0 spiro atoms. The van der Waals surface area contributed by atoms with Gasteiger partial charge in [0.05, 0.1) is 6.54 Å². The highest BCUT2D eigenvalue weighted by Gasteiger charge is 2.21. The first-order valence-corrected chi connectivity index (χ1v) is 9.08. The fourth-order valence-electron chi connectivity index (χ4n) is 3.19. The van der Waals surface area contributed by atoms with Crippen LogP contribution in [0.15, 0.2) is 24.3 Å². The summed E-state index contributed by atoms with van der Waals surface area (Å²) in [4.78, 5) is 34.6. The maximum Gasteiger partial charge on any atom is 0.251 e. The Morgan fingerprint density at radius 1 is 1.15 bits per heavy atom. The van der Waals surface area contributed by atoms with Gasteiger partial charge in [-0.2, -0.15) is 0 Å². The molecule has 0 aliphatic carbocycles. The van der Waals surface area contributed by atoms with Gasteiger partial charge in [-0.05, 0) is 55.5 Å². The number of halogens is 1. The Balaban J connectivity index is 0.00000364. The maximum absolute atomic E-state index is 12.2. The summed E-state index contributed by atoms with van der Waals surface area (Å²) in [5.41, 5.74) is 6.36. The van der Waals surface area contributed by atoms with E-state index >= 15 is 0 Å². The molecular formula is C19H29ClN4O3. The van der Waals surface area contributed by atoms with Crippen molar-refractivity contribution in [2.75, 3.05) is 19.6 Å². The summed E-state index contributed by atoms with van der Waals surface area (Å²) in [5, 5.41) is 8.72. The van der Waals surface area contributed by atoms with Crippen molar-refractivity contribution in [3.05, 3.63) is 35.4 Å². The minimum absolute atomic E-state index is 0. The summed E-state index contributed by atoms with van der Waals surface area (Å²) in [6.45, 7) is 4.47. The van der Waals surface area contributed by atoms with Crippen molar-refractivity contribution in [3.63, 3.8) is 0 Å². The fraction of sp³-hybridized carbons (Fsp3) is 0.526. The van der Waals surface area contributed by atoms with E-state index in [2.05, 4.69) is 22.9 Å². The quantitative estimate of drug-likeness (QED) is 0.524. The molecule has 1 aromatic carbocycles. The van der Waals surface area contributed by atoms with E-state index in [1.807, 2.05) is 0 Å². The highest BCUT2D eigenvalue weighted by molar-refractivity contribution is 5.96. The number of benzene rings is 1. The third-order valence-electron chi connectivity index (χ3n) is 4.82. The molecule has 1 unspecified atom stereocenters. The van der Waals surface area contributed by atoms with Gasteiger partial charge in [-0.15, -0.1) is 12.4 Å². The topological polar surface area (TPSA) is 113 Å². The van der Waals surface area contributed by atoms with Crippen molar-refractivity contribution in [2.45, 2.75) is 32.7 Å². The highest BCUT2D eigenvalue weighted by Crippen LogP contribution is 2.24. The van der Waals surface area contributed by atoms with E-state index in [4.69, 9.17) is 5.73 Å². The van der Waals surface area contributed by atoms with Crippen molar-refractivity contribution in [3.8, 4) is 0 Å². The van der Waals surface area contributed by atoms with Crippen LogP contribution in [0.4, 0.5) is 0 Å². The van der Waals surface area contributed by atoms with Crippen molar-refractivity contribution < 1.29 is 14.4 Å². The van der Waals surface area contributed by atoms with Crippen LogP contribution < -0.4 is 21.7 Å². The number of carbonyl (C=O) groups is 3. The van der Waals surface area contributed by atoms with Crippen molar-refractivity contribution in [1.29, 1.82) is 0 Å². The zero-order valence-electron chi connectivity index (χ0n) is 15.6. The Kier molecular flexibility index (Phi) is 9.82. The number of hydrogen-bond acceptors (Lipinski definition) is 4. The summed E-state index contributed by atoms with van der Waals surface area (Å²) in [6.07, 6.45) is 2.81. The van der Waals surface area contributed by atoms with Crippen LogP contribution in [0, 0.1) is 11.8 Å². The molecule has 8 heteroatoms. The van der Waals surface area contributed by atoms with Crippen LogP contribution in [0.2, 0.25) is 0 Å². The maximum atomic E-state index is 12.2. The number of hydrogen-bond donors (Lipinski definition) is 4. The molecule has 2 rings (SSSR count). The second kappa shape index (κ2) is 11.6. The smallest absolute Gasteiger partial charge is 0.251 e. The van der Waals surface area contributed by atoms with Gasteiger partial charge in [-0.1, -0.05) is 19.1 Å². The van der Waals surface area contributed by atoms with E-state index < -0.39 is 5.91 Å². The molecule has 27 heavy (non-hydrogen) atoms. The SMILES string of the molecule is CC(CC(=O)NCc1ccc(C(=O)NCC(N)=O)cc1)C1CCNCC1.Cl. The number of primary amides is 1. The lowest BCUT2D eigenvalue weighted by molar-refractivity contribution is -0.122. The minimum Gasteiger partial charge on any atom is -0.368 e. The Labute approximate surface area is 166 Å². The van der Waals surface area contributed by atoms with E-state index in [0.717, 1.165) is 31.5 Å². The molecule has 1 aliphatic heterocycles. The second-order valence-corrected chi connectivity index (χ2v) is 6.89. The zero-order chi connectivity index (χ0) is 18.9. The summed E-state index contributed by atoms with van der Waals surface area (Å²) in [5.74, 6) is 0.111. The van der Waals surface area contributed by atoms with Crippen molar-refractivity contribution in [1.82, 2.24) is 16.0 Å². The lowest BCUT2D eigenvalue weighted by Gasteiger charge is -2.27. The molecule has 3 amide bonds. The summed E-state index contributed by atoms with van der Waals surface area (Å²) in [6, 6.07) is 6.90. The summed E-state index contributed by atoms with van der Waals surface area (Å²) >= 11 is 0. The van der Waals surface area contributed by atoms with Gasteiger partial charge in [0, 0.05) is 18.5 Å². The van der Waals surface area contributed by atoms with Gasteiger partial charge in [-0.3, -0.25) is 14.4 Å². The van der Waals surface area contributed by atoms with Gasteiger partial charge >= 0.3 is 0 Å². The van der Waals surface area contributed by atoms with Crippen LogP contribution in [-0.4, -0.2) is 37.4 Å². The third-order valence-corrected chi connectivity index (χ3v) is 4.82. The highest BCUT2D eigenvalue weighted by atomic mass is 35.5. The fourth-order valence-corrected chi connectivity index (χ4v) is 3.19. The van der Waals surface area contributed by atoms with Crippen LogP contribution in [0.25, 0.3) is 0 Å². The first-order valence-electron chi connectivity index (χ1n) is 9.08. The van der Waals surface area contributed by atoms with E-state index in [-0.39, 0.29) is 30.8 Å². The van der Waals surface area contributed by atoms with Crippen LogP contribution in [0.1, 0.15) is 42.1 Å². The average Bonchev–Trinajstić information content (AvgIpc) is 2.65. The first-order chi connectivity index (χ1) is 12.5. The number of carbonyl (C=O) groups excluding carboxylic acids is 3. The van der Waals surface area contributed by atoms with Crippen molar-refractivity contribution in [2.24, 2.45) is 17.6 Å². The molecule has 150 valence electrons. The second-order valence-electron chi connectivity index (χ2n) is 6.89. The Morgan fingerprint density at radius 3 is 2.37 bits per heavy atom. The Bertz CT molecular complexity index is 630. The van der Waals surface area contributed by atoms with Crippen LogP contribution in [0.3, 0.4) is 0 Å². The van der Waals surface area contributed by atoms with Crippen LogP contribution in [0.5, 0.6) is 0 Å². The van der Waals surface area contributed by atoms with Gasteiger partial charge in [0.15, 0.2) is 0 Å². The number of nitrogens with one attached hydrogen (secondary N) is 3. The molecule has 1 aromatic rings. The van der Waals surface area contributed by atoms with Gasteiger partial charge < -0.3 is 21.7 Å². The molecule has 1 atom stereocenters. The number of rotatable bonds is 8. The van der Waals surface area contributed by atoms with Crippen LogP contribution >= 0.6 is 12.4 Å². The average molecular weight is 397 g/mol. The largest absolute Gasteiger partial charge is 0.368 e. The number of nitrogens with two attached hydrogens (primary N) is 1. The van der Waals surface area contributed by atoms with Gasteiger partial charge in [0.2, 0.25) is 11.8 Å². The molecule has 0 aromatic heterocycles. The molecule has 1 aliphatic rings. The standard InChI is InChI=1S/C19H28N4O3.ClH/c1-13(15-6-8-21-9-7-15)10-18(25)22-11-14-2-4-16(5-3-14)19(26)23-12-17(20)24;/h2-5,13,15,21H,6-12H2,1H3,(H2,20,24)(H,22,25)(H,23,26);1H. The Morgan fingerprint density at radius 2 is 1.78 bits per heavy atom. The molecule has 0 bridgehead atoms. The molecule has 0 radical (unpaired) electrons. The summed E-state index contributed by atoms with van der Waals surface area (Å²) in [7, 11) is 0. The Hall–Kier alpha value is -2.12. The molecular weight excluding hydrogens is 368 g/mol. The molecule has 1 fully saturated rings. The summed E-state index contributed by atoms with van der Waals surface area (Å²) < 4.78 is 0. The van der Waals surface area contributed by atoms with Crippen LogP contribution in [-0.2, 0) is 16.1 Å². The van der Waals surface area contributed by atoms with E-state index in [1.54, 1.807) is 24.3 Å². The minimum atomic E-state index is -0.587. The molecule has 1 heterocycles. The van der Waals surface area contributed by atoms with Crippen molar-refractivity contribution >= 4 is 30.1 Å². The number of amides is 3. The number of piperidine rings is 1. The van der Waals surface area contributed by atoms with Gasteiger partial charge in [0.1, 0.15) is 0 Å². The predicted molar refractivity (Wildman–Crippen MR) is 106 cm³/mol. The monoisotopic (exact) mass is 396 g/mol. The van der Waals surface area contributed by atoms with Gasteiger partial charge in [0.25, 0.3) is 5.91 Å². The van der Waals surface area contributed by atoms with E-state index in [1.165, 1.54) is 0 Å². The van der Waals surface area contributed by atoms with Gasteiger partial charge in [-0.25, -0.2) is 0 Å². The zero-order valence-corrected chi connectivity index (χ0v) is 16.4. The molecule has 5 N–H and O–H groups in total. The lowest BCUT2D eigenvalue weighted by atomic mass is 9.84. The normalized spacial score (nSPS) is 15.3. The molecule has 0 saturated carbocycles. The van der Waals surface area contributed by atoms with E-state index in [0.29, 0.717) is 30.4 Å².